The lowest BCUT2D eigenvalue weighted by Gasteiger charge is -2.16. The van der Waals surface area contributed by atoms with Crippen molar-refractivity contribution < 1.29 is 19.2 Å². The molecule has 0 aromatic heterocycles. The van der Waals surface area contributed by atoms with Gasteiger partial charge in [0, 0.05) is 12.0 Å². The van der Waals surface area contributed by atoms with Gasteiger partial charge in [0.1, 0.15) is 0 Å². The molecule has 1 saturated carbocycles. The Balaban J connectivity index is 2.27. The lowest BCUT2D eigenvalue weighted by atomic mass is 10.1. The average Bonchev–Trinajstić information content (AvgIpc) is 3.28. The van der Waals surface area contributed by atoms with Crippen molar-refractivity contribution in [1.82, 2.24) is 0 Å². The number of nitro benzene ring substituents is 1. The first-order valence-corrected chi connectivity index (χ1v) is 6.58. The van der Waals surface area contributed by atoms with Crippen LogP contribution >= 0.6 is 0 Å². The van der Waals surface area contributed by atoms with Crippen LogP contribution in [-0.4, -0.2) is 24.1 Å². The van der Waals surface area contributed by atoms with E-state index in [1.165, 1.54) is 13.2 Å². The molecule has 20 heavy (non-hydrogen) atoms. The SMILES string of the molecule is CCc1ccc(OC(C(=O)OC)C2CC2)c([N+](=O)[O-])c1. The Hall–Kier alpha value is -2.11. The molecule has 0 spiro atoms. The zero-order valence-corrected chi connectivity index (χ0v) is 11.5. The number of carbonyl (C=O) groups excluding carboxylic acids is 1. The van der Waals surface area contributed by atoms with E-state index >= 15 is 0 Å². The van der Waals surface area contributed by atoms with Gasteiger partial charge in [-0.2, -0.15) is 0 Å². The Labute approximate surface area is 116 Å². The maximum absolute atomic E-state index is 11.7. The Morgan fingerprint density at radius 3 is 2.70 bits per heavy atom. The van der Waals surface area contributed by atoms with Crippen molar-refractivity contribution in [2.75, 3.05) is 7.11 Å². The van der Waals surface area contributed by atoms with E-state index in [0.29, 0.717) is 6.42 Å². The Bertz CT molecular complexity index is 524. The topological polar surface area (TPSA) is 78.7 Å². The minimum atomic E-state index is -0.758. The molecule has 0 bridgehead atoms. The van der Waals surface area contributed by atoms with Crippen LogP contribution in [0.1, 0.15) is 25.3 Å². The van der Waals surface area contributed by atoms with Gasteiger partial charge in [-0.1, -0.05) is 13.0 Å². The van der Waals surface area contributed by atoms with Gasteiger partial charge in [-0.15, -0.1) is 0 Å². The molecule has 0 heterocycles. The molecule has 1 unspecified atom stereocenters. The molecule has 108 valence electrons. The summed E-state index contributed by atoms with van der Waals surface area (Å²) in [7, 11) is 1.29. The van der Waals surface area contributed by atoms with Crippen molar-refractivity contribution in [1.29, 1.82) is 0 Å². The zero-order chi connectivity index (χ0) is 14.7. The van der Waals surface area contributed by atoms with Crippen molar-refractivity contribution in [3.05, 3.63) is 33.9 Å². The van der Waals surface area contributed by atoms with Gasteiger partial charge < -0.3 is 9.47 Å². The molecule has 2 rings (SSSR count). The van der Waals surface area contributed by atoms with Gasteiger partial charge in [-0.25, -0.2) is 4.79 Å². The van der Waals surface area contributed by atoms with Crippen LogP contribution in [0.5, 0.6) is 5.75 Å². The van der Waals surface area contributed by atoms with Crippen molar-refractivity contribution in [3.63, 3.8) is 0 Å². The second-order valence-corrected chi connectivity index (χ2v) is 4.81. The molecular formula is C14H17NO5. The van der Waals surface area contributed by atoms with Crippen molar-refractivity contribution >= 4 is 11.7 Å². The number of hydrogen-bond acceptors (Lipinski definition) is 5. The highest BCUT2D eigenvalue weighted by Gasteiger charge is 2.40. The number of esters is 1. The smallest absolute Gasteiger partial charge is 0.347 e. The van der Waals surface area contributed by atoms with E-state index in [0.717, 1.165) is 18.4 Å². The number of rotatable bonds is 6. The molecule has 1 aliphatic rings. The molecular weight excluding hydrogens is 262 g/mol. The Kier molecular flexibility index (Phi) is 4.22. The second-order valence-electron chi connectivity index (χ2n) is 4.81. The van der Waals surface area contributed by atoms with Crippen LogP contribution in [0, 0.1) is 16.0 Å². The predicted molar refractivity (Wildman–Crippen MR) is 71.6 cm³/mol. The number of nitrogens with zero attached hydrogens (tertiary/aromatic N) is 1. The minimum absolute atomic E-state index is 0.0907. The lowest BCUT2D eigenvalue weighted by Crippen LogP contribution is -2.30. The fraction of sp³-hybridized carbons (Fsp3) is 0.500. The first kappa shape index (κ1) is 14.3. The summed E-state index contributed by atoms with van der Waals surface area (Å²) in [4.78, 5) is 22.3. The van der Waals surface area contributed by atoms with Gasteiger partial charge in [-0.3, -0.25) is 10.1 Å². The summed E-state index contributed by atoms with van der Waals surface area (Å²) in [6.07, 6.45) is 1.69. The minimum Gasteiger partial charge on any atom is -0.471 e. The van der Waals surface area contributed by atoms with Crippen LogP contribution in [0.3, 0.4) is 0 Å². The van der Waals surface area contributed by atoms with Crippen molar-refractivity contribution in [2.45, 2.75) is 32.3 Å². The quantitative estimate of drug-likeness (QED) is 0.454. The summed E-state index contributed by atoms with van der Waals surface area (Å²) in [5.74, 6) is -0.274. The highest BCUT2D eigenvalue weighted by atomic mass is 16.6. The Morgan fingerprint density at radius 1 is 1.50 bits per heavy atom. The van der Waals surface area contributed by atoms with Crippen LogP contribution < -0.4 is 4.74 Å². The lowest BCUT2D eigenvalue weighted by molar-refractivity contribution is -0.386. The standard InChI is InChI=1S/C14H17NO5/c1-3-9-4-7-12(11(8-9)15(17)18)20-13(10-5-6-10)14(16)19-2/h4,7-8,10,13H,3,5-6H2,1-2H3. The maximum atomic E-state index is 11.7. The summed E-state index contributed by atoms with van der Waals surface area (Å²) in [5.41, 5.74) is 0.740. The number of hydrogen-bond donors (Lipinski definition) is 0. The molecule has 1 aromatic rings. The number of methoxy groups -OCH3 is 1. The third-order valence-corrected chi connectivity index (χ3v) is 3.37. The molecule has 0 saturated heterocycles. The number of benzene rings is 1. The van der Waals surface area contributed by atoms with Crippen molar-refractivity contribution in [3.8, 4) is 5.75 Å². The van der Waals surface area contributed by atoms with Gasteiger partial charge in [0.05, 0.1) is 12.0 Å². The van der Waals surface area contributed by atoms with E-state index in [1.54, 1.807) is 12.1 Å². The van der Waals surface area contributed by atoms with Crippen LogP contribution in [0.15, 0.2) is 18.2 Å². The number of carbonyl (C=O) groups is 1. The van der Waals surface area contributed by atoms with Gasteiger partial charge in [-0.05, 0) is 30.9 Å². The van der Waals surface area contributed by atoms with E-state index in [-0.39, 0.29) is 17.4 Å². The Morgan fingerprint density at radius 2 is 2.20 bits per heavy atom. The molecule has 6 nitrogen and oxygen atoms in total. The monoisotopic (exact) mass is 279 g/mol. The van der Waals surface area contributed by atoms with E-state index in [1.807, 2.05) is 6.92 Å². The summed E-state index contributed by atoms with van der Waals surface area (Å²) in [6, 6.07) is 4.80. The maximum Gasteiger partial charge on any atom is 0.347 e. The molecule has 1 aromatic carbocycles. The zero-order valence-electron chi connectivity index (χ0n) is 11.5. The predicted octanol–water partition coefficient (Wildman–Crippen LogP) is 2.49. The van der Waals surface area contributed by atoms with E-state index in [2.05, 4.69) is 0 Å². The normalized spacial score (nSPS) is 15.5. The molecule has 0 amide bonds. The molecule has 1 atom stereocenters. The molecule has 0 aliphatic heterocycles. The van der Waals surface area contributed by atoms with Crippen LogP contribution in [0.25, 0.3) is 0 Å². The fourth-order valence-electron chi connectivity index (χ4n) is 2.01. The van der Waals surface area contributed by atoms with E-state index in [9.17, 15) is 14.9 Å². The summed E-state index contributed by atoms with van der Waals surface area (Å²) in [5, 5.41) is 11.1. The first-order valence-electron chi connectivity index (χ1n) is 6.58. The molecule has 6 heteroatoms. The number of aryl methyl sites for hydroxylation is 1. The summed E-state index contributed by atoms with van der Waals surface area (Å²) >= 11 is 0. The second kappa shape index (κ2) is 5.90. The van der Waals surface area contributed by atoms with Gasteiger partial charge in [0.2, 0.25) is 0 Å². The molecule has 0 radical (unpaired) electrons. The van der Waals surface area contributed by atoms with E-state index in [4.69, 9.17) is 9.47 Å². The van der Waals surface area contributed by atoms with Gasteiger partial charge in [0.15, 0.2) is 11.9 Å². The summed E-state index contributed by atoms with van der Waals surface area (Å²) in [6.45, 7) is 1.92. The number of nitro groups is 1. The average molecular weight is 279 g/mol. The van der Waals surface area contributed by atoms with Crippen LogP contribution in [-0.2, 0) is 16.0 Å². The van der Waals surface area contributed by atoms with E-state index < -0.39 is 17.0 Å². The summed E-state index contributed by atoms with van der Waals surface area (Å²) < 4.78 is 10.3. The van der Waals surface area contributed by atoms with Crippen molar-refractivity contribution in [2.24, 2.45) is 5.92 Å². The molecule has 1 aliphatic carbocycles. The third kappa shape index (κ3) is 3.07. The fourth-order valence-corrected chi connectivity index (χ4v) is 2.01. The van der Waals surface area contributed by atoms with Gasteiger partial charge >= 0.3 is 11.7 Å². The molecule has 0 N–H and O–H groups in total. The molecule has 1 fully saturated rings. The third-order valence-electron chi connectivity index (χ3n) is 3.37. The van der Waals surface area contributed by atoms with Crippen LogP contribution in [0.2, 0.25) is 0 Å². The largest absolute Gasteiger partial charge is 0.471 e. The number of ether oxygens (including phenoxy) is 2. The highest BCUT2D eigenvalue weighted by molar-refractivity contribution is 5.76. The highest BCUT2D eigenvalue weighted by Crippen LogP contribution is 2.38. The van der Waals surface area contributed by atoms with Gasteiger partial charge in [0.25, 0.3) is 0 Å². The first-order chi connectivity index (χ1) is 9.56. The van der Waals surface area contributed by atoms with Crippen LogP contribution in [0.4, 0.5) is 5.69 Å².